The SMILES string of the molecule is COC(=O)CC(CC(=O)OC)n1cc(NS(=O)(=O)c2c(C)noc2C)cn1. The minimum atomic E-state index is -3.94. The van der Waals surface area contributed by atoms with Crippen LogP contribution < -0.4 is 4.72 Å². The topological polar surface area (TPSA) is 143 Å². The highest BCUT2D eigenvalue weighted by Crippen LogP contribution is 2.24. The van der Waals surface area contributed by atoms with E-state index < -0.39 is 28.0 Å². The molecule has 0 aliphatic rings. The lowest BCUT2D eigenvalue weighted by atomic mass is 10.1. The zero-order valence-corrected chi connectivity index (χ0v) is 16.1. The number of anilines is 1. The number of carbonyl (C=O) groups excluding carboxylic acids is 2. The Hall–Kier alpha value is -2.89. The molecule has 0 saturated carbocycles. The Morgan fingerprint density at radius 2 is 1.81 bits per heavy atom. The number of hydrogen-bond donors (Lipinski definition) is 1. The van der Waals surface area contributed by atoms with Crippen molar-refractivity contribution >= 4 is 27.6 Å². The summed E-state index contributed by atoms with van der Waals surface area (Å²) < 4.78 is 42.9. The highest BCUT2D eigenvalue weighted by Gasteiger charge is 2.26. The molecular weight excluding hydrogens is 380 g/mol. The Morgan fingerprint density at radius 1 is 1.22 bits per heavy atom. The van der Waals surface area contributed by atoms with Crippen LogP contribution in [0.25, 0.3) is 0 Å². The maximum Gasteiger partial charge on any atom is 0.307 e. The monoisotopic (exact) mass is 400 g/mol. The van der Waals surface area contributed by atoms with E-state index in [9.17, 15) is 18.0 Å². The van der Waals surface area contributed by atoms with Crippen LogP contribution in [0, 0.1) is 13.8 Å². The predicted molar refractivity (Wildman–Crippen MR) is 91.3 cm³/mol. The number of aromatic nitrogens is 3. The van der Waals surface area contributed by atoms with Crippen molar-refractivity contribution < 1.29 is 32.0 Å². The smallest absolute Gasteiger partial charge is 0.307 e. The van der Waals surface area contributed by atoms with Crippen LogP contribution in [-0.2, 0) is 29.1 Å². The van der Waals surface area contributed by atoms with Crippen LogP contribution in [0.3, 0.4) is 0 Å². The van der Waals surface area contributed by atoms with Crippen molar-refractivity contribution in [3.8, 4) is 0 Å². The van der Waals surface area contributed by atoms with E-state index in [0.29, 0.717) is 0 Å². The summed E-state index contributed by atoms with van der Waals surface area (Å²) in [6.07, 6.45) is 2.36. The van der Waals surface area contributed by atoms with E-state index in [1.54, 1.807) is 0 Å². The number of sulfonamides is 1. The molecule has 0 spiro atoms. The summed E-state index contributed by atoms with van der Waals surface area (Å²) in [5.74, 6) is -0.934. The summed E-state index contributed by atoms with van der Waals surface area (Å²) in [5.41, 5.74) is 0.372. The summed E-state index contributed by atoms with van der Waals surface area (Å²) >= 11 is 0. The maximum atomic E-state index is 12.5. The largest absolute Gasteiger partial charge is 0.469 e. The molecule has 0 atom stereocenters. The van der Waals surface area contributed by atoms with E-state index in [0.717, 1.165) is 0 Å². The molecule has 0 fully saturated rings. The normalized spacial score (nSPS) is 11.4. The molecule has 0 amide bonds. The summed E-state index contributed by atoms with van der Waals surface area (Å²) in [6.45, 7) is 3.00. The second kappa shape index (κ2) is 8.20. The van der Waals surface area contributed by atoms with Gasteiger partial charge in [0.05, 0.1) is 45.0 Å². The fourth-order valence-electron chi connectivity index (χ4n) is 2.47. The highest BCUT2D eigenvalue weighted by atomic mass is 32.2. The molecule has 2 rings (SSSR count). The average Bonchev–Trinajstić information content (AvgIpc) is 3.20. The Bertz CT molecular complexity index is 894. The number of ether oxygens (including phenoxy) is 2. The van der Waals surface area contributed by atoms with Crippen molar-refractivity contribution in [2.24, 2.45) is 0 Å². The molecule has 11 nitrogen and oxygen atoms in total. The van der Waals surface area contributed by atoms with Crippen LogP contribution in [0.1, 0.15) is 30.3 Å². The van der Waals surface area contributed by atoms with E-state index in [1.165, 1.54) is 45.1 Å². The van der Waals surface area contributed by atoms with Crippen molar-refractivity contribution in [3.05, 3.63) is 23.8 Å². The van der Waals surface area contributed by atoms with Gasteiger partial charge in [0.2, 0.25) is 0 Å². The number of methoxy groups -OCH3 is 2. The molecule has 0 saturated heterocycles. The van der Waals surface area contributed by atoms with Gasteiger partial charge in [-0.1, -0.05) is 5.16 Å². The fraction of sp³-hybridized carbons (Fsp3) is 0.467. The van der Waals surface area contributed by atoms with Gasteiger partial charge in [-0.05, 0) is 13.8 Å². The molecule has 148 valence electrons. The molecule has 2 aromatic heterocycles. The third-order valence-electron chi connectivity index (χ3n) is 3.72. The van der Waals surface area contributed by atoms with Crippen LogP contribution in [0.4, 0.5) is 5.69 Å². The molecule has 0 aliphatic heterocycles. The Balaban J connectivity index is 2.24. The standard InChI is InChI=1S/C15H20N4O7S/c1-9-15(10(2)26-17-9)27(22,23)18-11-7-16-19(8-11)12(5-13(20)24-3)6-14(21)25-4/h7-8,12,18H,5-6H2,1-4H3. The van der Waals surface area contributed by atoms with E-state index >= 15 is 0 Å². The van der Waals surface area contributed by atoms with Crippen LogP contribution in [-0.4, -0.2) is 49.5 Å². The first-order valence-corrected chi connectivity index (χ1v) is 9.29. The van der Waals surface area contributed by atoms with Gasteiger partial charge >= 0.3 is 11.9 Å². The first kappa shape index (κ1) is 20.4. The number of rotatable bonds is 8. The molecule has 0 aliphatic carbocycles. The van der Waals surface area contributed by atoms with Gasteiger partial charge in [-0.3, -0.25) is 19.0 Å². The van der Waals surface area contributed by atoms with E-state index in [4.69, 9.17) is 4.52 Å². The van der Waals surface area contributed by atoms with Crippen LogP contribution >= 0.6 is 0 Å². The maximum absolute atomic E-state index is 12.5. The summed E-state index contributed by atoms with van der Waals surface area (Å²) in [5, 5.41) is 7.66. The molecule has 12 heteroatoms. The number of nitrogens with zero attached hydrogens (tertiary/aromatic N) is 3. The van der Waals surface area contributed by atoms with Crippen molar-refractivity contribution in [1.29, 1.82) is 0 Å². The molecule has 27 heavy (non-hydrogen) atoms. The molecule has 0 bridgehead atoms. The lowest BCUT2D eigenvalue weighted by molar-refractivity contribution is -0.144. The minimum Gasteiger partial charge on any atom is -0.469 e. The summed E-state index contributed by atoms with van der Waals surface area (Å²) in [7, 11) is -1.49. The van der Waals surface area contributed by atoms with Crippen molar-refractivity contribution in [1.82, 2.24) is 14.9 Å². The van der Waals surface area contributed by atoms with E-state index in [1.807, 2.05) is 0 Å². The van der Waals surface area contributed by atoms with Gasteiger partial charge < -0.3 is 14.0 Å². The number of nitrogens with one attached hydrogen (secondary N) is 1. The minimum absolute atomic E-state index is 0.0593. The Labute approximate surface area is 155 Å². The Morgan fingerprint density at radius 3 is 2.30 bits per heavy atom. The first-order chi connectivity index (χ1) is 12.7. The van der Waals surface area contributed by atoms with E-state index in [-0.39, 0.29) is 34.9 Å². The van der Waals surface area contributed by atoms with Gasteiger partial charge in [0.25, 0.3) is 10.0 Å². The zero-order chi connectivity index (χ0) is 20.2. The molecule has 2 aromatic rings. The van der Waals surface area contributed by atoms with Crippen molar-refractivity contribution in [2.45, 2.75) is 37.6 Å². The highest BCUT2D eigenvalue weighted by molar-refractivity contribution is 7.92. The molecule has 0 unspecified atom stereocenters. The molecule has 0 radical (unpaired) electrons. The lowest BCUT2D eigenvalue weighted by Crippen LogP contribution is -2.19. The fourth-order valence-corrected chi connectivity index (χ4v) is 3.83. The van der Waals surface area contributed by atoms with Gasteiger partial charge in [0.15, 0.2) is 10.7 Å². The van der Waals surface area contributed by atoms with Gasteiger partial charge in [0, 0.05) is 6.20 Å². The van der Waals surface area contributed by atoms with Crippen LogP contribution in [0.2, 0.25) is 0 Å². The molecular formula is C15H20N4O7S. The number of esters is 2. The van der Waals surface area contributed by atoms with Gasteiger partial charge in [-0.15, -0.1) is 0 Å². The second-order valence-electron chi connectivity index (χ2n) is 5.68. The molecule has 0 aromatic carbocycles. The van der Waals surface area contributed by atoms with Crippen molar-refractivity contribution in [2.75, 3.05) is 18.9 Å². The third-order valence-corrected chi connectivity index (χ3v) is 5.35. The average molecular weight is 400 g/mol. The first-order valence-electron chi connectivity index (χ1n) is 7.81. The quantitative estimate of drug-likeness (QED) is 0.641. The number of aryl methyl sites for hydroxylation is 2. The second-order valence-corrected chi connectivity index (χ2v) is 7.30. The lowest BCUT2D eigenvalue weighted by Gasteiger charge is -2.15. The number of hydrogen-bond acceptors (Lipinski definition) is 9. The van der Waals surface area contributed by atoms with E-state index in [2.05, 4.69) is 24.5 Å². The number of carbonyl (C=O) groups is 2. The Kier molecular flexibility index (Phi) is 6.20. The summed E-state index contributed by atoms with van der Waals surface area (Å²) in [6, 6.07) is -0.692. The van der Waals surface area contributed by atoms with Crippen LogP contribution in [0.5, 0.6) is 0 Å². The molecule has 1 N–H and O–H groups in total. The zero-order valence-electron chi connectivity index (χ0n) is 15.3. The summed E-state index contributed by atoms with van der Waals surface area (Å²) in [4.78, 5) is 23.1. The predicted octanol–water partition coefficient (Wildman–Crippen LogP) is 0.956. The third kappa shape index (κ3) is 4.84. The van der Waals surface area contributed by atoms with Crippen molar-refractivity contribution in [3.63, 3.8) is 0 Å². The van der Waals surface area contributed by atoms with Gasteiger partial charge in [-0.2, -0.15) is 5.10 Å². The van der Waals surface area contributed by atoms with Gasteiger partial charge in [0.1, 0.15) is 5.69 Å². The van der Waals surface area contributed by atoms with Crippen LogP contribution in [0.15, 0.2) is 21.8 Å². The van der Waals surface area contributed by atoms with Gasteiger partial charge in [-0.25, -0.2) is 8.42 Å². The molecule has 2 heterocycles.